The molecule has 150 valence electrons. The molecule has 1 atom stereocenters. The van der Waals surface area contributed by atoms with E-state index in [1.807, 2.05) is 0 Å². The summed E-state index contributed by atoms with van der Waals surface area (Å²) in [5, 5.41) is 14.1. The Morgan fingerprint density at radius 2 is 2.11 bits per heavy atom. The molecule has 8 heteroatoms. The standard InChI is InChI=1S/C20H28N6O2/c27-19-11-15-5-1-2-7-18(15)24-26(19)10-9-25-8-4-3-6-17(25)14-21-20(28)16-12-22-23-13-16/h11-13,17H,1-10,14H2,(H,21,28)(H,22,23). The van der Waals surface area contributed by atoms with Gasteiger partial charge in [0, 0.05) is 31.4 Å². The van der Waals surface area contributed by atoms with Gasteiger partial charge in [-0.15, -0.1) is 0 Å². The number of carbonyl (C=O) groups excluding carboxylic acids is 1. The van der Waals surface area contributed by atoms with Gasteiger partial charge in [-0.2, -0.15) is 10.2 Å². The maximum atomic E-state index is 12.4. The first kappa shape index (κ1) is 18.9. The number of nitrogens with zero attached hydrogens (tertiary/aromatic N) is 4. The van der Waals surface area contributed by atoms with E-state index in [4.69, 9.17) is 0 Å². The molecule has 0 radical (unpaired) electrons. The molecule has 0 bridgehead atoms. The number of piperidine rings is 1. The molecule has 2 aromatic rings. The zero-order valence-corrected chi connectivity index (χ0v) is 16.2. The lowest BCUT2D eigenvalue weighted by molar-refractivity contribution is 0.0909. The van der Waals surface area contributed by atoms with E-state index < -0.39 is 0 Å². The normalized spacial score (nSPS) is 19.9. The number of aromatic amines is 1. The third kappa shape index (κ3) is 4.32. The number of hydrogen-bond acceptors (Lipinski definition) is 5. The number of amides is 1. The lowest BCUT2D eigenvalue weighted by Gasteiger charge is -2.35. The largest absolute Gasteiger partial charge is 0.350 e. The zero-order chi connectivity index (χ0) is 19.3. The van der Waals surface area contributed by atoms with Crippen LogP contribution in [0.1, 0.15) is 53.7 Å². The molecule has 0 saturated carbocycles. The van der Waals surface area contributed by atoms with Gasteiger partial charge in [-0.25, -0.2) is 4.68 Å². The van der Waals surface area contributed by atoms with Crippen LogP contribution < -0.4 is 10.9 Å². The molecule has 4 rings (SSSR count). The van der Waals surface area contributed by atoms with Gasteiger partial charge >= 0.3 is 0 Å². The van der Waals surface area contributed by atoms with Crippen molar-refractivity contribution in [2.45, 2.75) is 57.5 Å². The van der Waals surface area contributed by atoms with Gasteiger partial charge in [0.15, 0.2) is 0 Å². The van der Waals surface area contributed by atoms with E-state index in [9.17, 15) is 9.59 Å². The van der Waals surface area contributed by atoms with E-state index in [1.165, 1.54) is 12.6 Å². The summed E-state index contributed by atoms with van der Waals surface area (Å²) in [4.78, 5) is 27.0. The monoisotopic (exact) mass is 384 g/mol. The minimum absolute atomic E-state index is 0.00229. The molecule has 8 nitrogen and oxygen atoms in total. The number of aryl methyl sites for hydroxylation is 2. The highest BCUT2D eigenvalue weighted by Gasteiger charge is 2.23. The van der Waals surface area contributed by atoms with Crippen molar-refractivity contribution in [3.8, 4) is 0 Å². The van der Waals surface area contributed by atoms with Crippen molar-refractivity contribution in [2.75, 3.05) is 19.6 Å². The SMILES string of the molecule is O=C(NCC1CCCCN1CCn1nc2c(cc1=O)CCCC2)c1cn[nH]c1. The number of rotatable bonds is 6. The minimum atomic E-state index is -0.105. The predicted molar refractivity (Wildman–Crippen MR) is 105 cm³/mol. The van der Waals surface area contributed by atoms with E-state index >= 15 is 0 Å². The summed E-state index contributed by atoms with van der Waals surface area (Å²) in [5.41, 5.74) is 2.77. The van der Waals surface area contributed by atoms with Crippen molar-refractivity contribution in [2.24, 2.45) is 0 Å². The van der Waals surface area contributed by atoms with Crippen LogP contribution in [0.25, 0.3) is 0 Å². The molecule has 1 aliphatic carbocycles. The number of H-pyrrole nitrogens is 1. The summed E-state index contributed by atoms with van der Waals surface area (Å²) in [6, 6.07) is 2.07. The highest BCUT2D eigenvalue weighted by atomic mass is 16.1. The van der Waals surface area contributed by atoms with E-state index in [1.54, 1.807) is 16.9 Å². The fourth-order valence-corrected chi connectivity index (χ4v) is 4.26. The molecular weight excluding hydrogens is 356 g/mol. The van der Waals surface area contributed by atoms with Crippen molar-refractivity contribution in [1.82, 2.24) is 30.2 Å². The molecule has 2 N–H and O–H groups in total. The maximum Gasteiger partial charge on any atom is 0.267 e. The molecule has 1 amide bonds. The second-order valence-electron chi connectivity index (χ2n) is 7.77. The van der Waals surface area contributed by atoms with E-state index in [0.29, 0.717) is 18.7 Å². The highest BCUT2D eigenvalue weighted by molar-refractivity contribution is 5.93. The van der Waals surface area contributed by atoms with Gasteiger partial charge in [-0.3, -0.25) is 19.6 Å². The van der Waals surface area contributed by atoms with Crippen LogP contribution in [-0.4, -0.2) is 56.5 Å². The summed E-state index contributed by atoms with van der Waals surface area (Å²) < 4.78 is 1.62. The summed E-state index contributed by atoms with van der Waals surface area (Å²) in [7, 11) is 0. The lowest BCUT2D eigenvalue weighted by atomic mass is 9.97. The number of carbonyl (C=O) groups is 1. The van der Waals surface area contributed by atoms with Gasteiger partial charge < -0.3 is 5.32 Å². The maximum absolute atomic E-state index is 12.4. The van der Waals surface area contributed by atoms with Gasteiger partial charge in [0.2, 0.25) is 0 Å². The number of hydrogen-bond donors (Lipinski definition) is 2. The first-order valence-corrected chi connectivity index (χ1v) is 10.3. The lowest BCUT2D eigenvalue weighted by Crippen LogP contribution is -2.48. The number of aromatic nitrogens is 4. The molecule has 28 heavy (non-hydrogen) atoms. The molecule has 1 saturated heterocycles. The predicted octanol–water partition coefficient (Wildman–Crippen LogP) is 1.13. The Labute approximate surface area is 164 Å². The summed E-state index contributed by atoms with van der Waals surface area (Å²) in [6.07, 6.45) is 10.8. The first-order valence-electron chi connectivity index (χ1n) is 10.3. The van der Waals surface area contributed by atoms with Crippen LogP contribution in [0, 0.1) is 0 Å². The molecule has 1 fully saturated rings. The highest BCUT2D eigenvalue weighted by Crippen LogP contribution is 2.18. The van der Waals surface area contributed by atoms with Crippen molar-refractivity contribution in [3.63, 3.8) is 0 Å². The molecule has 0 spiro atoms. The average Bonchev–Trinajstić information content (AvgIpc) is 3.26. The van der Waals surface area contributed by atoms with Crippen LogP contribution in [0.15, 0.2) is 23.3 Å². The van der Waals surface area contributed by atoms with Gasteiger partial charge in [0.05, 0.1) is 24.0 Å². The van der Waals surface area contributed by atoms with Gasteiger partial charge in [0.1, 0.15) is 0 Å². The number of fused-ring (bicyclic) bond motifs is 1. The number of nitrogens with one attached hydrogen (secondary N) is 2. The first-order chi connectivity index (χ1) is 13.7. The minimum Gasteiger partial charge on any atom is -0.350 e. The summed E-state index contributed by atoms with van der Waals surface area (Å²) >= 11 is 0. The van der Waals surface area contributed by atoms with E-state index in [-0.39, 0.29) is 17.5 Å². The van der Waals surface area contributed by atoms with Crippen molar-refractivity contribution >= 4 is 5.91 Å². The second-order valence-corrected chi connectivity index (χ2v) is 7.77. The molecule has 3 heterocycles. The smallest absolute Gasteiger partial charge is 0.267 e. The van der Waals surface area contributed by atoms with E-state index in [0.717, 1.165) is 62.9 Å². The van der Waals surface area contributed by atoms with Gasteiger partial charge in [0.25, 0.3) is 11.5 Å². The quantitative estimate of drug-likeness (QED) is 0.778. The molecular formula is C20H28N6O2. The second kappa shape index (κ2) is 8.68. The van der Waals surface area contributed by atoms with Crippen LogP contribution in [0.2, 0.25) is 0 Å². The average molecular weight is 384 g/mol. The number of likely N-dealkylation sites (tertiary alicyclic amines) is 1. The van der Waals surface area contributed by atoms with E-state index in [2.05, 4.69) is 25.5 Å². The van der Waals surface area contributed by atoms with Crippen molar-refractivity contribution in [3.05, 3.63) is 45.6 Å². The third-order valence-corrected chi connectivity index (χ3v) is 5.88. The van der Waals surface area contributed by atoms with Crippen LogP contribution in [-0.2, 0) is 19.4 Å². The van der Waals surface area contributed by atoms with Crippen molar-refractivity contribution < 1.29 is 4.79 Å². The van der Waals surface area contributed by atoms with Gasteiger partial charge in [-0.1, -0.05) is 6.42 Å². The fraction of sp³-hybridized carbons (Fsp3) is 0.600. The third-order valence-electron chi connectivity index (χ3n) is 5.88. The molecule has 1 unspecified atom stereocenters. The molecule has 2 aliphatic rings. The summed E-state index contributed by atoms with van der Waals surface area (Å²) in [6.45, 7) is 2.97. The Kier molecular flexibility index (Phi) is 5.85. The van der Waals surface area contributed by atoms with Crippen molar-refractivity contribution in [1.29, 1.82) is 0 Å². The zero-order valence-electron chi connectivity index (χ0n) is 16.2. The van der Waals surface area contributed by atoms with Crippen LogP contribution in [0.5, 0.6) is 0 Å². The topological polar surface area (TPSA) is 95.9 Å². The Hall–Kier alpha value is -2.48. The van der Waals surface area contributed by atoms with Crippen LogP contribution in [0.4, 0.5) is 0 Å². The summed E-state index contributed by atoms with van der Waals surface area (Å²) in [5.74, 6) is -0.105. The fourth-order valence-electron chi connectivity index (χ4n) is 4.26. The Morgan fingerprint density at radius 3 is 2.96 bits per heavy atom. The Morgan fingerprint density at radius 1 is 1.21 bits per heavy atom. The molecule has 1 aliphatic heterocycles. The van der Waals surface area contributed by atoms with Crippen LogP contribution >= 0.6 is 0 Å². The Bertz CT molecular complexity index is 860. The molecule has 2 aromatic heterocycles. The van der Waals surface area contributed by atoms with Gasteiger partial charge in [-0.05, 0) is 50.6 Å². The Balaban J connectivity index is 1.36. The molecule has 0 aromatic carbocycles. The van der Waals surface area contributed by atoms with Crippen LogP contribution in [0.3, 0.4) is 0 Å².